The van der Waals surface area contributed by atoms with Crippen molar-refractivity contribution in [1.82, 2.24) is 0 Å². The number of hydrogen-bond acceptors (Lipinski definition) is 3. The Kier molecular flexibility index (Phi) is 33.2. The second-order valence-electron chi connectivity index (χ2n) is 7.15. The standard InChI is InChI=1S/C21H42O3.Ca.Na.3H/c1-3-4-5-6-7-8-9-10-11-12-13-14-15-16-17-18-19-24-21(23)20(2)22;;;;;/h20,22H,3-19H2,1-2H3;;;;;. The molecule has 0 heterocycles. The second-order valence-corrected chi connectivity index (χ2v) is 7.15. The van der Waals surface area contributed by atoms with Crippen LogP contribution in [0.1, 0.15) is 117 Å². The number of rotatable bonds is 18. The molecule has 5 heteroatoms. The Labute approximate surface area is 215 Å². The Morgan fingerprint density at radius 3 is 1.35 bits per heavy atom. The number of unbranched alkanes of at least 4 members (excludes halogenated alkanes) is 15. The average molecular weight is 409 g/mol. The number of hydrogen-bond donors (Lipinski definition) is 1. The van der Waals surface area contributed by atoms with Gasteiger partial charge in [0.25, 0.3) is 0 Å². The molecule has 0 saturated heterocycles. The number of aliphatic hydroxyl groups is 1. The average Bonchev–Trinajstić information content (AvgIpc) is 2.57. The van der Waals surface area contributed by atoms with Crippen LogP contribution < -0.4 is 0 Å². The van der Waals surface area contributed by atoms with Gasteiger partial charge < -0.3 is 9.84 Å². The third-order valence-electron chi connectivity index (χ3n) is 4.58. The van der Waals surface area contributed by atoms with E-state index in [4.69, 9.17) is 9.84 Å². The van der Waals surface area contributed by atoms with Gasteiger partial charge in [-0.05, 0) is 13.3 Å². The summed E-state index contributed by atoms with van der Waals surface area (Å²) in [5, 5.41) is 8.98. The van der Waals surface area contributed by atoms with Crippen LogP contribution in [-0.4, -0.2) is 91.1 Å². The van der Waals surface area contributed by atoms with Gasteiger partial charge in [-0.1, -0.05) is 103 Å². The van der Waals surface area contributed by atoms with Crippen molar-refractivity contribution in [2.45, 2.75) is 123 Å². The van der Waals surface area contributed by atoms with Crippen LogP contribution in [0.3, 0.4) is 0 Å². The minimum absolute atomic E-state index is 0. The van der Waals surface area contributed by atoms with Crippen molar-refractivity contribution in [3.8, 4) is 0 Å². The molecule has 0 bridgehead atoms. The van der Waals surface area contributed by atoms with Crippen molar-refractivity contribution in [3.63, 3.8) is 0 Å². The van der Waals surface area contributed by atoms with Crippen molar-refractivity contribution >= 4 is 73.3 Å². The van der Waals surface area contributed by atoms with E-state index < -0.39 is 12.1 Å². The van der Waals surface area contributed by atoms with Gasteiger partial charge in [0.1, 0.15) is 6.10 Å². The molecule has 1 atom stereocenters. The van der Waals surface area contributed by atoms with Gasteiger partial charge in [0.15, 0.2) is 0 Å². The second kappa shape index (κ2) is 26.7. The fourth-order valence-corrected chi connectivity index (χ4v) is 2.94. The minimum atomic E-state index is -0.994. The van der Waals surface area contributed by atoms with Crippen LogP contribution in [0.15, 0.2) is 0 Å². The van der Waals surface area contributed by atoms with Crippen molar-refractivity contribution in [1.29, 1.82) is 0 Å². The normalized spacial score (nSPS) is 11.3. The number of esters is 1. The molecule has 0 amide bonds. The molecule has 0 aromatic carbocycles. The molecule has 0 radical (unpaired) electrons. The van der Waals surface area contributed by atoms with Gasteiger partial charge in [-0.15, -0.1) is 0 Å². The van der Waals surface area contributed by atoms with Crippen LogP contribution in [0.25, 0.3) is 0 Å². The van der Waals surface area contributed by atoms with Crippen LogP contribution in [0.2, 0.25) is 0 Å². The van der Waals surface area contributed by atoms with Gasteiger partial charge in [-0.25, -0.2) is 4.79 Å². The molecule has 0 aromatic rings. The fraction of sp³-hybridized carbons (Fsp3) is 0.952. The molecule has 0 aromatic heterocycles. The zero-order chi connectivity index (χ0) is 17.9. The van der Waals surface area contributed by atoms with E-state index in [-0.39, 0.29) is 67.3 Å². The summed E-state index contributed by atoms with van der Waals surface area (Å²) in [5.41, 5.74) is 0. The molecule has 26 heavy (non-hydrogen) atoms. The molecular formula is C21H45CaNaO3. The predicted molar refractivity (Wildman–Crippen MR) is 118 cm³/mol. The van der Waals surface area contributed by atoms with Crippen LogP contribution in [-0.2, 0) is 9.53 Å². The summed E-state index contributed by atoms with van der Waals surface area (Å²) in [5.74, 6) is -0.504. The molecular weight excluding hydrogens is 363 g/mol. The summed E-state index contributed by atoms with van der Waals surface area (Å²) in [7, 11) is 0. The quantitative estimate of drug-likeness (QED) is 0.205. The molecule has 0 aliphatic heterocycles. The van der Waals surface area contributed by atoms with Gasteiger partial charge in [0, 0.05) is 0 Å². The van der Waals surface area contributed by atoms with Gasteiger partial charge in [0.2, 0.25) is 0 Å². The van der Waals surface area contributed by atoms with Crippen molar-refractivity contribution in [3.05, 3.63) is 0 Å². The number of carbonyl (C=O) groups excluding carboxylic acids is 1. The van der Waals surface area contributed by atoms with Gasteiger partial charge >= 0.3 is 73.3 Å². The maximum atomic E-state index is 11.0. The molecule has 0 rings (SSSR count). The van der Waals surface area contributed by atoms with E-state index in [0.29, 0.717) is 6.61 Å². The molecule has 0 saturated carbocycles. The maximum absolute atomic E-state index is 11.0. The van der Waals surface area contributed by atoms with E-state index in [0.717, 1.165) is 12.8 Å². The summed E-state index contributed by atoms with van der Waals surface area (Å²) in [6, 6.07) is 0. The Morgan fingerprint density at radius 2 is 1.04 bits per heavy atom. The Morgan fingerprint density at radius 1 is 0.731 bits per heavy atom. The van der Waals surface area contributed by atoms with E-state index in [9.17, 15) is 4.79 Å². The molecule has 0 aliphatic rings. The van der Waals surface area contributed by atoms with E-state index >= 15 is 0 Å². The van der Waals surface area contributed by atoms with Crippen LogP contribution in [0.5, 0.6) is 0 Å². The van der Waals surface area contributed by atoms with Crippen LogP contribution in [0.4, 0.5) is 0 Å². The summed E-state index contributed by atoms with van der Waals surface area (Å²) in [4.78, 5) is 11.0. The van der Waals surface area contributed by atoms with Gasteiger partial charge in [0.05, 0.1) is 6.61 Å². The Bertz CT molecular complexity index is 276. The molecule has 1 N–H and O–H groups in total. The third kappa shape index (κ3) is 25.7. The molecule has 1 unspecified atom stereocenters. The molecule has 3 nitrogen and oxygen atoms in total. The van der Waals surface area contributed by atoms with E-state index in [1.807, 2.05) is 0 Å². The summed E-state index contributed by atoms with van der Waals surface area (Å²) < 4.78 is 4.93. The van der Waals surface area contributed by atoms with E-state index in [1.165, 1.54) is 96.8 Å². The van der Waals surface area contributed by atoms with Crippen LogP contribution >= 0.6 is 0 Å². The van der Waals surface area contributed by atoms with Crippen molar-refractivity contribution < 1.29 is 14.6 Å². The van der Waals surface area contributed by atoms with Crippen molar-refractivity contribution in [2.75, 3.05) is 6.61 Å². The first-order valence-corrected chi connectivity index (χ1v) is 10.5. The van der Waals surface area contributed by atoms with Gasteiger partial charge in [-0.2, -0.15) is 0 Å². The molecule has 0 fully saturated rings. The Balaban J connectivity index is -0.00000264. The SMILES string of the molecule is CCCCCCCCCCCCCCCCCCOC(=O)C(C)O.[CaH2].[NaH]. The predicted octanol–water partition coefficient (Wildman–Crippen LogP) is 4.61. The Hall–Kier alpha value is 1.69. The number of ether oxygens (including phenoxy) is 1. The topological polar surface area (TPSA) is 46.5 Å². The summed E-state index contributed by atoms with van der Waals surface area (Å²) in [6.45, 7) is 4.16. The fourth-order valence-electron chi connectivity index (χ4n) is 2.94. The first-order chi connectivity index (χ1) is 11.7. The molecule has 0 aliphatic carbocycles. The summed E-state index contributed by atoms with van der Waals surface area (Å²) in [6.07, 6.45) is 20.4. The number of carbonyl (C=O) groups is 1. The third-order valence-corrected chi connectivity index (χ3v) is 4.58. The monoisotopic (exact) mass is 408 g/mol. The molecule has 150 valence electrons. The van der Waals surface area contributed by atoms with Crippen molar-refractivity contribution in [2.24, 2.45) is 0 Å². The zero-order valence-electron chi connectivity index (χ0n) is 16.4. The first kappa shape index (κ1) is 32.4. The van der Waals surface area contributed by atoms with E-state index in [2.05, 4.69) is 6.92 Å². The molecule has 0 spiro atoms. The first-order valence-electron chi connectivity index (χ1n) is 10.5. The van der Waals surface area contributed by atoms with Crippen LogP contribution in [0, 0.1) is 0 Å². The number of aliphatic hydroxyl groups excluding tert-OH is 1. The zero-order valence-corrected chi connectivity index (χ0v) is 16.4. The van der Waals surface area contributed by atoms with Gasteiger partial charge in [-0.3, -0.25) is 0 Å². The van der Waals surface area contributed by atoms with E-state index in [1.54, 1.807) is 0 Å². The summed E-state index contributed by atoms with van der Waals surface area (Å²) >= 11 is 0.